The SMILES string of the molecule is CCc1nn(C)cc1C(=O)N1CCCCCC1C(=O)O. The number of aliphatic carboxylic acids is 1. The highest BCUT2D eigenvalue weighted by molar-refractivity contribution is 5.97. The summed E-state index contributed by atoms with van der Waals surface area (Å²) in [5.41, 5.74) is 1.26. The number of rotatable bonds is 3. The van der Waals surface area contributed by atoms with E-state index in [-0.39, 0.29) is 5.91 Å². The van der Waals surface area contributed by atoms with Crippen LogP contribution in [0.1, 0.15) is 48.7 Å². The molecule has 2 heterocycles. The quantitative estimate of drug-likeness (QED) is 0.908. The van der Waals surface area contributed by atoms with E-state index in [1.54, 1.807) is 17.9 Å². The van der Waals surface area contributed by atoms with Crippen molar-refractivity contribution < 1.29 is 14.7 Å². The van der Waals surface area contributed by atoms with Crippen LogP contribution < -0.4 is 0 Å². The van der Waals surface area contributed by atoms with Gasteiger partial charge in [-0.25, -0.2) is 4.79 Å². The lowest BCUT2D eigenvalue weighted by atomic mass is 10.1. The largest absolute Gasteiger partial charge is 0.480 e. The molecule has 1 saturated heterocycles. The van der Waals surface area contributed by atoms with Gasteiger partial charge in [-0.1, -0.05) is 19.8 Å². The van der Waals surface area contributed by atoms with E-state index < -0.39 is 12.0 Å². The minimum Gasteiger partial charge on any atom is -0.480 e. The van der Waals surface area contributed by atoms with Crippen molar-refractivity contribution in [2.24, 2.45) is 7.05 Å². The van der Waals surface area contributed by atoms with Crippen molar-refractivity contribution in [2.75, 3.05) is 6.54 Å². The zero-order chi connectivity index (χ0) is 14.7. The van der Waals surface area contributed by atoms with Crippen molar-refractivity contribution in [1.82, 2.24) is 14.7 Å². The first-order chi connectivity index (χ1) is 9.54. The highest BCUT2D eigenvalue weighted by Gasteiger charge is 2.32. The fraction of sp³-hybridized carbons (Fsp3) is 0.643. The minimum atomic E-state index is -0.915. The molecule has 2 rings (SSSR count). The zero-order valence-electron chi connectivity index (χ0n) is 12.0. The molecule has 1 amide bonds. The minimum absolute atomic E-state index is 0.204. The van der Waals surface area contributed by atoms with Crippen molar-refractivity contribution in [3.63, 3.8) is 0 Å². The average molecular weight is 279 g/mol. The number of hydrogen-bond acceptors (Lipinski definition) is 3. The smallest absolute Gasteiger partial charge is 0.326 e. The maximum atomic E-state index is 12.7. The van der Waals surface area contributed by atoms with E-state index in [0.717, 1.165) is 25.0 Å². The van der Waals surface area contributed by atoms with E-state index in [2.05, 4.69) is 5.10 Å². The molecule has 1 unspecified atom stereocenters. The summed E-state index contributed by atoms with van der Waals surface area (Å²) in [6, 6.07) is -0.713. The Morgan fingerprint density at radius 1 is 1.40 bits per heavy atom. The molecule has 110 valence electrons. The summed E-state index contributed by atoms with van der Waals surface area (Å²) in [7, 11) is 1.77. The number of carbonyl (C=O) groups is 2. The summed E-state index contributed by atoms with van der Waals surface area (Å²) in [6.07, 6.45) is 5.56. The summed E-state index contributed by atoms with van der Waals surface area (Å²) >= 11 is 0. The van der Waals surface area contributed by atoms with Crippen LogP contribution in [-0.2, 0) is 18.3 Å². The first kappa shape index (κ1) is 14.6. The summed E-state index contributed by atoms with van der Waals surface area (Å²) in [4.78, 5) is 25.6. The number of aromatic nitrogens is 2. The molecule has 0 aromatic carbocycles. The van der Waals surface area contributed by atoms with E-state index in [9.17, 15) is 14.7 Å². The van der Waals surface area contributed by atoms with Crippen LogP contribution in [0.4, 0.5) is 0 Å². The molecule has 6 heteroatoms. The highest BCUT2D eigenvalue weighted by Crippen LogP contribution is 2.21. The van der Waals surface area contributed by atoms with Crippen LogP contribution in [-0.4, -0.2) is 44.3 Å². The van der Waals surface area contributed by atoms with Crippen LogP contribution in [0, 0.1) is 0 Å². The Kier molecular flexibility index (Phi) is 4.42. The number of nitrogens with zero attached hydrogens (tertiary/aromatic N) is 3. The molecule has 1 aliphatic rings. The molecule has 6 nitrogen and oxygen atoms in total. The maximum absolute atomic E-state index is 12.7. The van der Waals surface area contributed by atoms with E-state index >= 15 is 0 Å². The van der Waals surface area contributed by atoms with E-state index in [1.165, 1.54) is 4.90 Å². The third-order valence-electron chi connectivity index (χ3n) is 3.77. The van der Waals surface area contributed by atoms with Crippen molar-refractivity contribution in [1.29, 1.82) is 0 Å². The Bertz CT molecular complexity index is 510. The Morgan fingerprint density at radius 2 is 2.15 bits per heavy atom. The van der Waals surface area contributed by atoms with Crippen LogP contribution in [0.2, 0.25) is 0 Å². The first-order valence-corrected chi connectivity index (χ1v) is 7.11. The monoisotopic (exact) mass is 279 g/mol. The van der Waals surface area contributed by atoms with Gasteiger partial charge in [0.05, 0.1) is 11.3 Å². The Morgan fingerprint density at radius 3 is 2.80 bits per heavy atom. The third-order valence-corrected chi connectivity index (χ3v) is 3.77. The molecule has 0 radical (unpaired) electrons. The number of carboxylic acid groups (broad SMARTS) is 1. The van der Waals surface area contributed by atoms with Gasteiger partial charge in [0.15, 0.2) is 0 Å². The van der Waals surface area contributed by atoms with Crippen molar-refractivity contribution >= 4 is 11.9 Å². The lowest BCUT2D eigenvalue weighted by molar-refractivity contribution is -0.142. The van der Waals surface area contributed by atoms with Gasteiger partial charge in [0, 0.05) is 19.8 Å². The number of amides is 1. The molecule has 0 spiro atoms. The van der Waals surface area contributed by atoms with Gasteiger partial charge in [-0.2, -0.15) is 5.10 Å². The number of likely N-dealkylation sites (tertiary alicyclic amines) is 1. The zero-order valence-corrected chi connectivity index (χ0v) is 12.0. The molecular weight excluding hydrogens is 258 g/mol. The van der Waals surface area contributed by atoms with E-state index in [1.807, 2.05) is 6.92 Å². The Balaban J connectivity index is 2.30. The average Bonchev–Trinajstić information content (AvgIpc) is 2.63. The summed E-state index contributed by atoms with van der Waals surface area (Å²) in [5, 5.41) is 13.6. The Hall–Kier alpha value is -1.85. The van der Waals surface area contributed by atoms with Gasteiger partial charge in [-0.15, -0.1) is 0 Å². The van der Waals surface area contributed by atoms with E-state index in [4.69, 9.17) is 0 Å². The van der Waals surface area contributed by atoms with Crippen molar-refractivity contribution in [2.45, 2.75) is 45.1 Å². The van der Waals surface area contributed by atoms with Gasteiger partial charge in [-0.3, -0.25) is 9.48 Å². The topological polar surface area (TPSA) is 75.4 Å². The molecule has 0 saturated carbocycles. The van der Waals surface area contributed by atoms with E-state index in [0.29, 0.717) is 24.9 Å². The molecule has 1 aliphatic heterocycles. The Labute approximate surface area is 118 Å². The molecule has 1 fully saturated rings. The van der Waals surface area contributed by atoms with Gasteiger partial charge in [0.2, 0.25) is 0 Å². The lowest BCUT2D eigenvalue weighted by Crippen LogP contribution is -2.44. The second-order valence-electron chi connectivity index (χ2n) is 5.22. The van der Waals surface area contributed by atoms with Crippen LogP contribution >= 0.6 is 0 Å². The van der Waals surface area contributed by atoms with Crippen LogP contribution in [0.25, 0.3) is 0 Å². The van der Waals surface area contributed by atoms with Gasteiger partial charge in [0.25, 0.3) is 5.91 Å². The van der Waals surface area contributed by atoms with Gasteiger partial charge >= 0.3 is 5.97 Å². The van der Waals surface area contributed by atoms with Crippen LogP contribution in [0.15, 0.2) is 6.20 Å². The normalized spacial score (nSPS) is 19.7. The van der Waals surface area contributed by atoms with Crippen molar-refractivity contribution in [3.8, 4) is 0 Å². The lowest BCUT2D eigenvalue weighted by Gasteiger charge is -2.26. The summed E-state index contributed by atoms with van der Waals surface area (Å²) < 4.78 is 1.61. The highest BCUT2D eigenvalue weighted by atomic mass is 16.4. The molecule has 1 aromatic rings. The molecule has 0 aliphatic carbocycles. The number of aryl methyl sites for hydroxylation is 2. The standard InChI is InChI=1S/C14H21N3O3/c1-3-11-10(9-16(2)15-11)13(18)17-8-6-4-5-7-12(17)14(19)20/h9,12H,3-8H2,1-2H3,(H,19,20). The van der Waals surface area contributed by atoms with Gasteiger partial charge < -0.3 is 10.0 Å². The summed E-state index contributed by atoms with van der Waals surface area (Å²) in [5.74, 6) is -1.12. The molecule has 1 aromatic heterocycles. The summed E-state index contributed by atoms with van der Waals surface area (Å²) in [6.45, 7) is 2.45. The molecule has 1 atom stereocenters. The fourth-order valence-corrected chi connectivity index (χ4v) is 2.74. The van der Waals surface area contributed by atoms with Gasteiger partial charge in [0.1, 0.15) is 6.04 Å². The second-order valence-corrected chi connectivity index (χ2v) is 5.22. The third kappa shape index (κ3) is 2.84. The van der Waals surface area contributed by atoms with Crippen LogP contribution in [0.3, 0.4) is 0 Å². The number of hydrogen-bond donors (Lipinski definition) is 1. The first-order valence-electron chi connectivity index (χ1n) is 7.11. The molecule has 0 bridgehead atoms. The predicted molar refractivity (Wildman–Crippen MR) is 73.5 cm³/mol. The van der Waals surface area contributed by atoms with Crippen LogP contribution in [0.5, 0.6) is 0 Å². The molecule has 1 N–H and O–H groups in total. The van der Waals surface area contributed by atoms with Gasteiger partial charge in [-0.05, 0) is 19.3 Å². The predicted octanol–water partition coefficient (Wildman–Crippen LogP) is 1.45. The molecule has 20 heavy (non-hydrogen) atoms. The maximum Gasteiger partial charge on any atom is 0.326 e. The second kappa shape index (κ2) is 6.07. The number of carboxylic acids is 1. The van der Waals surface area contributed by atoms with Crippen molar-refractivity contribution in [3.05, 3.63) is 17.5 Å². The number of carbonyl (C=O) groups excluding carboxylic acids is 1. The fourth-order valence-electron chi connectivity index (χ4n) is 2.74. The molecular formula is C14H21N3O3.